The minimum absolute atomic E-state index is 0.193. The van der Waals surface area contributed by atoms with Gasteiger partial charge in [-0.05, 0) is 42.7 Å². The summed E-state index contributed by atoms with van der Waals surface area (Å²) in [7, 11) is 0. The number of carbonyl (C=O) groups is 1. The van der Waals surface area contributed by atoms with Crippen LogP contribution in [0.1, 0.15) is 37.8 Å². The van der Waals surface area contributed by atoms with E-state index in [1.165, 1.54) is 18.6 Å². The molecule has 1 amide bonds. The van der Waals surface area contributed by atoms with Crippen molar-refractivity contribution in [2.24, 2.45) is 11.0 Å². The first kappa shape index (κ1) is 19.9. The Hall–Kier alpha value is -2.44. The summed E-state index contributed by atoms with van der Waals surface area (Å²) in [6.07, 6.45) is 3.34. The molecule has 1 N–H and O–H groups in total. The number of hydrogen-bond donors (Lipinski definition) is 1. The molecule has 29 heavy (non-hydrogen) atoms. The number of hydrazone groups is 1. The van der Waals surface area contributed by atoms with Crippen LogP contribution in [-0.2, 0) is 4.79 Å². The first-order valence-electron chi connectivity index (χ1n) is 9.98. The number of amides is 1. The van der Waals surface area contributed by atoms with E-state index >= 15 is 0 Å². The average Bonchev–Trinajstić information content (AvgIpc) is 3.07. The van der Waals surface area contributed by atoms with Crippen molar-refractivity contribution in [3.63, 3.8) is 0 Å². The quantitative estimate of drug-likeness (QED) is 0.798. The van der Waals surface area contributed by atoms with Gasteiger partial charge in [0.05, 0.1) is 16.8 Å². The van der Waals surface area contributed by atoms with E-state index in [9.17, 15) is 9.18 Å². The second-order valence-corrected chi connectivity index (χ2v) is 7.96. The molecule has 0 radical (unpaired) electrons. The lowest BCUT2D eigenvalue weighted by molar-refractivity contribution is -0.120. The van der Waals surface area contributed by atoms with Crippen molar-refractivity contribution in [2.75, 3.05) is 18.1 Å². The van der Waals surface area contributed by atoms with Crippen LogP contribution in [0.5, 0.6) is 0 Å². The minimum Gasteiger partial charge on any atom is -0.284 e. The number of benzene rings is 2. The molecule has 2 unspecified atom stereocenters. The van der Waals surface area contributed by atoms with Crippen molar-refractivity contribution in [3.05, 3.63) is 64.9 Å². The fraction of sp³-hybridized carbons (Fsp3) is 0.364. The number of para-hydroxylation sites is 1. The molecule has 0 spiro atoms. The van der Waals surface area contributed by atoms with Gasteiger partial charge in [0.25, 0.3) is 5.91 Å². The molecule has 2 aliphatic heterocycles. The Morgan fingerprint density at radius 2 is 1.79 bits per heavy atom. The van der Waals surface area contributed by atoms with Gasteiger partial charge in [-0.1, -0.05) is 49.2 Å². The lowest BCUT2D eigenvalue weighted by atomic mass is 9.91. The predicted molar refractivity (Wildman–Crippen MR) is 113 cm³/mol. The van der Waals surface area contributed by atoms with E-state index in [4.69, 9.17) is 11.6 Å². The molecular weight excluding hydrogens is 391 g/mol. The van der Waals surface area contributed by atoms with E-state index in [2.05, 4.69) is 10.5 Å². The maximum absolute atomic E-state index is 13.5. The summed E-state index contributed by atoms with van der Waals surface area (Å²) < 4.78 is 13.5. The third-order valence-corrected chi connectivity index (χ3v) is 5.86. The monoisotopic (exact) mass is 414 g/mol. The van der Waals surface area contributed by atoms with Gasteiger partial charge in [-0.3, -0.25) is 15.2 Å². The van der Waals surface area contributed by atoms with Crippen LogP contribution < -0.4 is 10.4 Å². The number of hydrazine groups is 1. The zero-order valence-corrected chi connectivity index (χ0v) is 17.1. The predicted octanol–water partition coefficient (Wildman–Crippen LogP) is 4.55. The highest BCUT2D eigenvalue weighted by Gasteiger charge is 2.40. The average molecular weight is 415 g/mol. The number of nitrogens with zero attached hydrogens (tertiary/aromatic N) is 3. The molecule has 2 atom stereocenters. The van der Waals surface area contributed by atoms with Gasteiger partial charge in [0.15, 0.2) is 0 Å². The Bertz CT molecular complexity index is 911. The van der Waals surface area contributed by atoms with Crippen molar-refractivity contribution in [2.45, 2.75) is 32.2 Å². The van der Waals surface area contributed by atoms with Crippen molar-refractivity contribution in [3.8, 4) is 0 Å². The SMILES string of the molecule is CC1C(C(=O)NN2CCCCC2)=NN(c2ccccc2Cl)C1c1ccc(F)cc1. The Kier molecular flexibility index (Phi) is 5.83. The highest BCUT2D eigenvalue weighted by atomic mass is 35.5. The molecular formula is C22H24ClFN4O. The van der Waals surface area contributed by atoms with Crippen molar-refractivity contribution in [1.82, 2.24) is 10.4 Å². The van der Waals surface area contributed by atoms with Gasteiger partial charge in [-0.2, -0.15) is 5.10 Å². The van der Waals surface area contributed by atoms with E-state index in [1.54, 1.807) is 23.2 Å². The molecule has 4 rings (SSSR count). The van der Waals surface area contributed by atoms with Gasteiger partial charge in [-0.25, -0.2) is 9.40 Å². The summed E-state index contributed by atoms with van der Waals surface area (Å²) in [5.41, 5.74) is 5.05. The van der Waals surface area contributed by atoms with E-state index in [1.807, 2.05) is 30.1 Å². The zero-order valence-electron chi connectivity index (χ0n) is 16.3. The molecule has 2 aromatic carbocycles. The topological polar surface area (TPSA) is 47.9 Å². The standard InChI is InChI=1S/C22H24ClFN4O/c1-15-20(22(29)26-27-13-5-2-6-14-27)25-28(19-8-4-3-7-18(19)23)21(15)16-9-11-17(24)12-10-16/h3-4,7-12,15,21H,2,5-6,13-14H2,1H3,(H,26,29). The Morgan fingerprint density at radius 3 is 2.48 bits per heavy atom. The largest absolute Gasteiger partial charge is 0.284 e. The molecule has 1 fully saturated rings. The third-order valence-electron chi connectivity index (χ3n) is 5.54. The summed E-state index contributed by atoms with van der Waals surface area (Å²) in [6.45, 7) is 3.67. The molecule has 2 aromatic rings. The van der Waals surface area contributed by atoms with Crippen LogP contribution in [0.15, 0.2) is 53.6 Å². The summed E-state index contributed by atoms with van der Waals surface area (Å²) in [5.74, 6) is -0.685. The van der Waals surface area contributed by atoms with Crippen molar-refractivity contribution in [1.29, 1.82) is 0 Å². The summed E-state index contributed by atoms with van der Waals surface area (Å²) in [4.78, 5) is 13.0. The lowest BCUT2D eigenvalue weighted by Gasteiger charge is -2.28. The van der Waals surface area contributed by atoms with Crippen LogP contribution in [0.25, 0.3) is 0 Å². The number of nitrogens with one attached hydrogen (secondary N) is 1. The van der Waals surface area contributed by atoms with Crippen LogP contribution >= 0.6 is 11.6 Å². The van der Waals surface area contributed by atoms with Crippen LogP contribution in [0, 0.1) is 11.7 Å². The molecule has 0 bridgehead atoms. The maximum atomic E-state index is 13.5. The molecule has 0 aromatic heterocycles. The molecule has 152 valence electrons. The van der Waals surface area contributed by atoms with Gasteiger partial charge in [0, 0.05) is 19.0 Å². The Balaban J connectivity index is 1.66. The van der Waals surface area contributed by atoms with Gasteiger partial charge in [0.2, 0.25) is 0 Å². The second-order valence-electron chi connectivity index (χ2n) is 7.55. The van der Waals surface area contributed by atoms with Crippen LogP contribution in [0.2, 0.25) is 5.02 Å². The minimum atomic E-state index is -0.298. The number of halogens is 2. The smallest absolute Gasteiger partial charge is 0.282 e. The Labute approximate surface area is 175 Å². The molecule has 7 heteroatoms. The van der Waals surface area contributed by atoms with E-state index < -0.39 is 0 Å². The molecule has 2 aliphatic rings. The molecule has 2 heterocycles. The van der Waals surface area contributed by atoms with E-state index in [0.717, 1.165) is 37.2 Å². The number of carbonyl (C=O) groups excluding carboxylic acids is 1. The summed E-state index contributed by atoms with van der Waals surface area (Å²) >= 11 is 6.43. The third kappa shape index (κ3) is 4.14. The first-order valence-corrected chi connectivity index (χ1v) is 10.4. The number of anilines is 1. The first-order chi connectivity index (χ1) is 14.0. The second kappa shape index (κ2) is 8.51. The highest BCUT2D eigenvalue weighted by Crippen LogP contribution is 2.41. The van der Waals surface area contributed by atoms with E-state index in [-0.39, 0.29) is 23.7 Å². The molecule has 1 saturated heterocycles. The maximum Gasteiger partial charge on any atom is 0.282 e. The molecule has 5 nitrogen and oxygen atoms in total. The zero-order chi connectivity index (χ0) is 20.4. The van der Waals surface area contributed by atoms with Gasteiger partial charge >= 0.3 is 0 Å². The number of piperidine rings is 1. The lowest BCUT2D eigenvalue weighted by Crippen LogP contribution is -2.48. The molecule has 0 saturated carbocycles. The van der Waals surface area contributed by atoms with Gasteiger partial charge in [0.1, 0.15) is 11.5 Å². The fourth-order valence-corrected chi connectivity index (χ4v) is 4.24. The number of hydrogen-bond acceptors (Lipinski definition) is 4. The Morgan fingerprint density at radius 1 is 1.10 bits per heavy atom. The van der Waals surface area contributed by atoms with Gasteiger partial charge in [-0.15, -0.1) is 0 Å². The van der Waals surface area contributed by atoms with Crippen LogP contribution in [0.3, 0.4) is 0 Å². The van der Waals surface area contributed by atoms with Crippen molar-refractivity contribution < 1.29 is 9.18 Å². The normalized spacial score (nSPS) is 22.4. The fourth-order valence-electron chi connectivity index (χ4n) is 4.02. The molecule has 0 aliphatic carbocycles. The highest BCUT2D eigenvalue weighted by molar-refractivity contribution is 6.40. The summed E-state index contributed by atoms with van der Waals surface area (Å²) in [6, 6.07) is 13.5. The van der Waals surface area contributed by atoms with Crippen molar-refractivity contribution >= 4 is 28.9 Å². The van der Waals surface area contributed by atoms with Gasteiger partial charge < -0.3 is 0 Å². The van der Waals surface area contributed by atoms with Crippen LogP contribution in [-0.4, -0.2) is 29.7 Å². The van der Waals surface area contributed by atoms with E-state index in [0.29, 0.717) is 10.7 Å². The summed E-state index contributed by atoms with van der Waals surface area (Å²) in [5, 5.41) is 8.98. The van der Waals surface area contributed by atoms with Crippen LogP contribution in [0.4, 0.5) is 10.1 Å². The number of rotatable bonds is 4.